The SMILES string of the molecule is Cc1cc(NC(=O)C(C)N2CCN(CCOc3ccccc3Cl)CC2)on1. The van der Waals surface area contributed by atoms with Gasteiger partial charge in [0.25, 0.3) is 0 Å². The van der Waals surface area contributed by atoms with E-state index in [0.717, 1.165) is 38.4 Å². The van der Waals surface area contributed by atoms with E-state index in [9.17, 15) is 4.79 Å². The Kier molecular flexibility index (Phi) is 6.71. The van der Waals surface area contributed by atoms with Gasteiger partial charge in [-0.15, -0.1) is 0 Å². The molecule has 1 aliphatic rings. The average Bonchev–Trinajstić information content (AvgIpc) is 3.08. The number of aryl methyl sites for hydroxylation is 1. The van der Waals surface area contributed by atoms with Gasteiger partial charge in [0.15, 0.2) is 0 Å². The molecule has 1 N–H and O–H groups in total. The normalized spacial score (nSPS) is 16.9. The maximum absolute atomic E-state index is 12.4. The highest BCUT2D eigenvalue weighted by Gasteiger charge is 2.26. The fourth-order valence-corrected chi connectivity index (χ4v) is 3.23. The number of hydrogen-bond donors (Lipinski definition) is 1. The first-order valence-corrected chi connectivity index (χ1v) is 9.48. The van der Waals surface area contributed by atoms with E-state index < -0.39 is 0 Å². The van der Waals surface area contributed by atoms with Gasteiger partial charge in [0, 0.05) is 38.8 Å². The summed E-state index contributed by atoms with van der Waals surface area (Å²) in [4.78, 5) is 16.9. The maximum Gasteiger partial charge on any atom is 0.243 e. The van der Waals surface area contributed by atoms with Crippen LogP contribution in [0.1, 0.15) is 12.6 Å². The van der Waals surface area contributed by atoms with Crippen molar-refractivity contribution >= 4 is 23.4 Å². The fraction of sp³-hybridized carbons (Fsp3) is 0.474. The zero-order valence-corrected chi connectivity index (χ0v) is 16.4. The van der Waals surface area contributed by atoms with Crippen LogP contribution in [0.4, 0.5) is 5.88 Å². The highest BCUT2D eigenvalue weighted by Crippen LogP contribution is 2.23. The molecule has 2 heterocycles. The van der Waals surface area contributed by atoms with Gasteiger partial charge in [-0.05, 0) is 26.0 Å². The Balaban J connectivity index is 1.39. The molecule has 1 fully saturated rings. The predicted molar refractivity (Wildman–Crippen MR) is 104 cm³/mol. The topological polar surface area (TPSA) is 70.8 Å². The summed E-state index contributed by atoms with van der Waals surface area (Å²) >= 11 is 6.09. The van der Waals surface area contributed by atoms with E-state index in [-0.39, 0.29) is 11.9 Å². The smallest absolute Gasteiger partial charge is 0.243 e. The summed E-state index contributed by atoms with van der Waals surface area (Å²) in [5.74, 6) is 1.02. The molecule has 1 aliphatic heterocycles. The molecule has 3 rings (SSSR count). The number of amides is 1. The average molecular weight is 393 g/mol. The Bertz CT molecular complexity index is 759. The van der Waals surface area contributed by atoms with E-state index >= 15 is 0 Å². The lowest BCUT2D eigenvalue weighted by Gasteiger charge is -2.37. The van der Waals surface area contributed by atoms with Crippen LogP contribution in [0, 0.1) is 6.92 Å². The number of carbonyl (C=O) groups is 1. The first-order chi connectivity index (χ1) is 13.0. The molecule has 1 aromatic carbocycles. The number of halogens is 1. The van der Waals surface area contributed by atoms with Crippen LogP contribution in [-0.2, 0) is 4.79 Å². The Morgan fingerprint density at radius 1 is 1.33 bits per heavy atom. The minimum absolute atomic E-state index is 0.0818. The maximum atomic E-state index is 12.4. The van der Waals surface area contributed by atoms with E-state index in [2.05, 4.69) is 20.3 Å². The van der Waals surface area contributed by atoms with Crippen molar-refractivity contribution in [1.29, 1.82) is 0 Å². The Morgan fingerprint density at radius 3 is 2.74 bits per heavy atom. The van der Waals surface area contributed by atoms with Crippen LogP contribution in [0.15, 0.2) is 34.9 Å². The molecule has 1 atom stereocenters. The number of rotatable bonds is 7. The number of hydrogen-bond acceptors (Lipinski definition) is 6. The number of piperazine rings is 1. The van der Waals surface area contributed by atoms with Gasteiger partial charge in [0.1, 0.15) is 12.4 Å². The van der Waals surface area contributed by atoms with E-state index in [1.54, 1.807) is 6.07 Å². The summed E-state index contributed by atoms with van der Waals surface area (Å²) in [6, 6.07) is 8.97. The lowest BCUT2D eigenvalue weighted by Crippen LogP contribution is -2.53. The first-order valence-electron chi connectivity index (χ1n) is 9.11. The fourth-order valence-electron chi connectivity index (χ4n) is 3.03. The minimum atomic E-state index is -0.225. The molecule has 7 nitrogen and oxygen atoms in total. The number of nitrogens with one attached hydrogen (secondary N) is 1. The summed E-state index contributed by atoms with van der Waals surface area (Å²) in [7, 11) is 0. The molecule has 1 amide bonds. The number of aromatic nitrogens is 1. The van der Waals surface area contributed by atoms with Crippen LogP contribution in [0.2, 0.25) is 5.02 Å². The molecule has 0 saturated carbocycles. The van der Waals surface area contributed by atoms with Crippen LogP contribution < -0.4 is 10.1 Å². The van der Waals surface area contributed by atoms with Gasteiger partial charge >= 0.3 is 0 Å². The van der Waals surface area contributed by atoms with Gasteiger partial charge in [-0.2, -0.15) is 0 Å². The predicted octanol–water partition coefficient (Wildman–Crippen LogP) is 2.66. The van der Waals surface area contributed by atoms with Gasteiger partial charge in [0.05, 0.1) is 16.8 Å². The second-order valence-corrected chi connectivity index (χ2v) is 7.06. The molecule has 1 aromatic heterocycles. The van der Waals surface area contributed by atoms with Crippen molar-refractivity contribution in [3.05, 3.63) is 41.0 Å². The van der Waals surface area contributed by atoms with Gasteiger partial charge in [-0.25, -0.2) is 0 Å². The number of benzene rings is 1. The third-order valence-corrected chi connectivity index (χ3v) is 5.02. The molecule has 0 radical (unpaired) electrons. The van der Waals surface area contributed by atoms with Gasteiger partial charge in [-0.3, -0.25) is 19.9 Å². The van der Waals surface area contributed by atoms with Gasteiger partial charge < -0.3 is 9.26 Å². The summed E-state index contributed by atoms with van der Waals surface area (Å²) in [6.07, 6.45) is 0. The minimum Gasteiger partial charge on any atom is -0.491 e. The molecular weight excluding hydrogens is 368 g/mol. The van der Waals surface area contributed by atoms with E-state index in [4.69, 9.17) is 20.9 Å². The molecule has 146 valence electrons. The molecule has 1 unspecified atom stereocenters. The number of para-hydroxylation sites is 1. The Labute approximate surface area is 164 Å². The van der Waals surface area contributed by atoms with Crippen molar-refractivity contribution in [3.8, 4) is 5.75 Å². The Morgan fingerprint density at radius 2 is 2.07 bits per heavy atom. The largest absolute Gasteiger partial charge is 0.491 e. The van der Waals surface area contributed by atoms with E-state index in [1.165, 1.54) is 0 Å². The van der Waals surface area contributed by atoms with Crippen LogP contribution in [0.3, 0.4) is 0 Å². The molecule has 1 saturated heterocycles. The lowest BCUT2D eigenvalue weighted by molar-refractivity contribution is -0.121. The summed E-state index contributed by atoms with van der Waals surface area (Å²) in [5, 5.41) is 7.18. The molecule has 27 heavy (non-hydrogen) atoms. The molecule has 2 aromatic rings. The first kappa shape index (κ1) is 19.7. The van der Waals surface area contributed by atoms with Crippen molar-refractivity contribution in [1.82, 2.24) is 15.0 Å². The molecule has 0 aliphatic carbocycles. The van der Waals surface area contributed by atoms with E-state index in [0.29, 0.717) is 23.3 Å². The van der Waals surface area contributed by atoms with Crippen LogP contribution in [0.25, 0.3) is 0 Å². The number of ether oxygens (including phenoxy) is 1. The summed E-state index contributed by atoms with van der Waals surface area (Å²) < 4.78 is 10.8. The van der Waals surface area contributed by atoms with Gasteiger partial charge in [-0.1, -0.05) is 28.9 Å². The van der Waals surface area contributed by atoms with Crippen LogP contribution >= 0.6 is 11.6 Å². The van der Waals surface area contributed by atoms with Crippen molar-refractivity contribution in [2.75, 3.05) is 44.6 Å². The van der Waals surface area contributed by atoms with E-state index in [1.807, 2.05) is 38.1 Å². The number of carbonyl (C=O) groups excluding carboxylic acids is 1. The highest BCUT2D eigenvalue weighted by molar-refractivity contribution is 6.32. The monoisotopic (exact) mass is 392 g/mol. The van der Waals surface area contributed by atoms with Crippen molar-refractivity contribution < 1.29 is 14.1 Å². The molecule has 8 heteroatoms. The zero-order chi connectivity index (χ0) is 19.2. The third-order valence-electron chi connectivity index (χ3n) is 4.71. The number of anilines is 1. The summed E-state index contributed by atoms with van der Waals surface area (Å²) in [6.45, 7) is 8.59. The zero-order valence-electron chi connectivity index (χ0n) is 15.7. The van der Waals surface area contributed by atoms with Crippen molar-refractivity contribution in [2.45, 2.75) is 19.9 Å². The van der Waals surface area contributed by atoms with Crippen molar-refractivity contribution in [2.24, 2.45) is 0 Å². The van der Waals surface area contributed by atoms with Gasteiger partial charge in [0.2, 0.25) is 11.8 Å². The summed E-state index contributed by atoms with van der Waals surface area (Å²) in [5.41, 5.74) is 0.741. The standard InChI is InChI=1S/C19H25ClN4O3/c1-14-13-18(27-22-14)21-19(25)15(2)24-9-7-23(8-10-24)11-12-26-17-6-4-3-5-16(17)20/h3-6,13,15H,7-12H2,1-2H3,(H,21,25). The van der Waals surface area contributed by atoms with Crippen LogP contribution in [0.5, 0.6) is 5.75 Å². The quantitative estimate of drug-likeness (QED) is 0.781. The van der Waals surface area contributed by atoms with Crippen molar-refractivity contribution in [3.63, 3.8) is 0 Å². The second-order valence-electron chi connectivity index (χ2n) is 6.65. The molecule has 0 spiro atoms. The highest BCUT2D eigenvalue weighted by atomic mass is 35.5. The third kappa shape index (κ3) is 5.45. The lowest BCUT2D eigenvalue weighted by atomic mass is 10.2. The van der Waals surface area contributed by atoms with Crippen LogP contribution in [-0.4, -0.2) is 66.2 Å². The Hall–Kier alpha value is -2.09. The molecular formula is C19H25ClN4O3. The molecule has 0 bridgehead atoms. The second kappa shape index (κ2) is 9.21. The number of nitrogens with zero attached hydrogens (tertiary/aromatic N) is 3.